The molecule has 0 amide bonds. The summed E-state index contributed by atoms with van der Waals surface area (Å²) in [6.45, 7) is 1.97. The normalized spacial score (nSPS) is 18.9. The average molecular weight is 286 g/mol. The summed E-state index contributed by atoms with van der Waals surface area (Å²) >= 11 is 3.15. The maximum atomic E-state index is 11.2. The Morgan fingerprint density at radius 2 is 2.38 bits per heavy atom. The molecule has 6 heteroatoms. The summed E-state index contributed by atoms with van der Waals surface area (Å²) in [5, 5.41) is 12.1. The third-order valence-electron chi connectivity index (χ3n) is 2.90. The molecule has 1 aromatic rings. The minimum absolute atomic E-state index is 0.150. The van der Waals surface area contributed by atoms with E-state index >= 15 is 0 Å². The number of carboxylic acid groups (broad SMARTS) is 1. The number of hydrogen-bond donors (Lipinski definition) is 2. The van der Waals surface area contributed by atoms with Gasteiger partial charge in [0.25, 0.3) is 0 Å². The Kier molecular flexibility index (Phi) is 2.84. The van der Waals surface area contributed by atoms with Crippen LogP contribution in [0, 0.1) is 5.41 Å². The first-order valence-electron chi connectivity index (χ1n) is 4.99. The summed E-state index contributed by atoms with van der Waals surface area (Å²) < 4.78 is 0.447. The quantitative estimate of drug-likeness (QED) is 0.827. The fraction of sp³-hybridized carbons (Fsp3) is 0.500. The number of aromatic nitrogens is 2. The number of nitrogens with one attached hydrogen (secondary N) is 1. The monoisotopic (exact) mass is 285 g/mol. The standard InChI is InChI=1S/C10H12BrN3O2/c1-10(3-4-10)7(8(15)16)13-6-2-5-12-9(11)14-6/h2,5,7H,3-4H2,1H3,(H,15,16)(H,12,13,14). The van der Waals surface area contributed by atoms with E-state index in [1.54, 1.807) is 12.3 Å². The number of hydrogen-bond acceptors (Lipinski definition) is 4. The summed E-state index contributed by atoms with van der Waals surface area (Å²) in [7, 11) is 0. The number of nitrogens with zero attached hydrogens (tertiary/aromatic N) is 2. The number of carboxylic acids is 1. The summed E-state index contributed by atoms with van der Waals surface area (Å²) in [6, 6.07) is 1.07. The van der Waals surface area contributed by atoms with E-state index in [0.29, 0.717) is 10.6 Å². The highest BCUT2D eigenvalue weighted by atomic mass is 79.9. The lowest BCUT2D eigenvalue weighted by Gasteiger charge is -2.20. The average Bonchev–Trinajstić information content (AvgIpc) is 2.93. The van der Waals surface area contributed by atoms with Crippen LogP contribution in [0.15, 0.2) is 17.0 Å². The topological polar surface area (TPSA) is 75.1 Å². The molecule has 0 radical (unpaired) electrons. The predicted octanol–water partition coefficient (Wildman–Crippen LogP) is 1.90. The Morgan fingerprint density at radius 3 is 2.88 bits per heavy atom. The van der Waals surface area contributed by atoms with E-state index in [-0.39, 0.29) is 5.41 Å². The van der Waals surface area contributed by atoms with Crippen molar-refractivity contribution in [3.05, 3.63) is 17.0 Å². The van der Waals surface area contributed by atoms with Gasteiger partial charge < -0.3 is 10.4 Å². The highest BCUT2D eigenvalue weighted by Crippen LogP contribution is 2.49. The molecule has 0 aromatic carbocycles. The van der Waals surface area contributed by atoms with Gasteiger partial charge in [0.2, 0.25) is 0 Å². The molecule has 86 valence electrons. The lowest BCUT2D eigenvalue weighted by atomic mass is 9.99. The van der Waals surface area contributed by atoms with Crippen molar-refractivity contribution in [2.45, 2.75) is 25.8 Å². The Morgan fingerprint density at radius 1 is 1.69 bits per heavy atom. The van der Waals surface area contributed by atoms with Gasteiger partial charge in [0, 0.05) is 6.20 Å². The van der Waals surface area contributed by atoms with E-state index in [4.69, 9.17) is 5.11 Å². The first kappa shape index (κ1) is 11.3. The third kappa shape index (κ3) is 2.32. The van der Waals surface area contributed by atoms with Crippen LogP contribution in [0.1, 0.15) is 19.8 Å². The Hall–Kier alpha value is -1.17. The van der Waals surface area contributed by atoms with E-state index in [2.05, 4.69) is 31.2 Å². The van der Waals surface area contributed by atoms with E-state index in [1.165, 1.54) is 0 Å². The fourth-order valence-corrected chi connectivity index (χ4v) is 1.89. The lowest BCUT2D eigenvalue weighted by Crippen LogP contribution is -2.37. The molecule has 1 atom stereocenters. The van der Waals surface area contributed by atoms with Crippen LogP contribution in [-0.2, 0) is 4.79 Å². The molecule has 0 spiro atoms. The Balaban J connectivity index is 2.15. The molecule has 1 unspecified atom stereocenters. The first-order valence-corrected chi connectivity index (χ1v) is 5.78. The van der Waals surface area contributed by atoms with Crippen molar-refractivity contribution in [3.8, 4) is 0 Å². The first-order chi connectivity index (χ1) is 7.51. The Bertz CT molecular complexity index is 420. The molecule has 2 N–H and O–H groups in total. The highest BCUT2D eigenvalue weighted by Gasteiger charge is 2.48. The molecule has 1 heterocycles. The van der Waals surface area contributed by atoms with Crippen molar-refractivity contribution < 1.29 is 9.90 Å². The van der Waals surface area contributed by atoms with Gasteiger partial charge in [-0.25, -0.2) is 14.8 Å². The van der Waals surface area contributed by atoms with Gasteiger partial charge in [-0.15, -0.1) is 0 Å². The van der Waals surface area contributed by atoms with Gasteiger partial charge in [-0.3, -0.25) is 0 Å². The second kappa shape index (κ2) is 4.01. The van der Waals surface area contributed by atoms with Crippen molar-refractivity contribution in [3.63, 3.8) is 0 Å². The number of rotatable bonds is 4. The summed E-state index contributed by atoms with van der Waals surface area (Å²) in [5.74, 6) is -0.308. The second-order valence-electron chi connectivity index (χ2n) is 4.28. The van der Waals surface area contributed by atoms with Gasteiger partial charge in [-0.05, 0) is 40.3 Å². The second-order valence-corrected chi connectivity index (χ2v) is 4.99. The maximum absolute atomic E-state index is 11.2. The molecule has 1 saturated carbocycles. The van der Waals surface area contributed by atoms with Crippen LogP contribution in [0.25, 0.3) is 0 Å². The largest absolute Gasteiger partial charge is 0.480 e. The SMILES string of the molecule is CC1(C(Nc2ccnc(Br)n2)C(=O)O)CC1. The summed E-state index contributed by atoms with van der Waals surface area (Å²) in [6.07, 6.45) is 3.44. The van der Waals surface area contributed by atoms with Crippen molar-refractivity contribution in [2.75, 3.05) is 5.32 Å². The number of carbonyl (C=O) groups is 1. The molecular formula is C10H12BrN3O2. The van der Waals surface area contributed by atoms with Gasteiger partial charge >= 0.3 is 5.97 Å². The molecule has 1 aliphatic carbocycles. The van der Waals surface area contributed by atoms with Gasteiger partial charge in [-0.2, -0.15) is 0 Å². The molecule has 0 aliphatic heterocycles. The van der Waals surface area contributed by atoms with Gasteiger partial charge in [-0.1, -0.05) is 6.92 Å². The van der Waals surface area contributed by atoms with E-state index in [0.717, 1.165) is 12.8 Å². The zero-order valence-electron chi connectivity index (χ0n) is 8.77. The number of anilines is 1. The van der Waals surface area contributed by atoms with Crippen LogP contribution in [-0.4, -0.2) is 27.1 Å². The predicted molar refractivity (Wildman–Crippen MR) is 62.1 cm³/mol. The molecule has 2 rings (SSSR count). The van der Waals surface area contributed by atoms with Crippen molar-refractivity contribution in [2.24, 2.45) is 5.41 Å². The molecule has 1 aromatic heterocycles. The zero-order chi connectivity index (χ0) is 11.8. The van der Waals surface area contributed by atoms with Crippen molar-refractivity contribution in [1.29, 1.82) is 0 Å². The minimum atomic E-state index is -0.838. The smallest absolute Gasteiger partial charge is 0.326 e. The van der Waals surface area contributed by atoms with E-state index in [1.807, 2.05) is 6.92 Å². The molecule has 0 saturated heterocycles. The minimum Gasteiger partial charge on any atom is -0.480 e. The third-order valence-corrected chi connectivity index (χ3v) is 3.28. The van der Waals surface area contributed by atoms with Crippen LogP contribution in [0.3, 0.4) is 0 Å². The van der Waals surface area contributed by atoms with Gasteiger partial charge in [0.1, 0.15) is 11.9 Å². The van der Waals surface area contributed by atoms with E-state index in [9.17, 15) is 4.79 Å². The van der Waals surface area contributed by atoms with Crippen LogP contribution >= 0.6 is 15.9 Å². The van der Waals surface area contributed by atoms with Crippen LogP contribution in [0.2, 0.25) is 0 Å². The lowest BCUT2D eigenvalue weighted by molar-refractivity contribution is -0.139. The van der Waals surface area contributed by atoms with Crippen molar-refractivity contribution >= 4 is 27.7 Å². The molecule has 1 aliphatic rings. The number of halogens is 1. The van der Waals surface area contributed by atoms with Crippen LogP contribution in [0.5, 0.6) is 0 Å². The fourth-order valence-electron chi connectivity index (χ4n) is 1.58. The summed E-state index contributed by atoms with van der Waals surface area (Å²) in [4.78, 5) is 19.1. The van der Waals surface area contributed by atoms with E-state index < -0.39 is 12.0 Å². The van der Waals surface area contributed by atoms with Gasteiger partial charge in [0.15, 0.2) is 4.73 Å². The molecule has 0 bridgehead atoms. The molecule has 5 nitrogen and oxygen atoms in total. The summed E-state index contributed by atoms with van der Waals surface area (Å²) in [5.41, 5.74) is -0.150. The molecular weight excluding hydrogens is 274 g/mol. The highest BCUT2D eigenvalue weighted by molar-refractivity contribution is 9.10. The van der Waals surface area contributed by atoms with Gasteiger partial charge in [0.05, 0.1) is 0 Å². The van der Waals surface area contributed by atoms with Crippen molar-refractivity contribution in [1.82, 2.24) is 9.97 Å². The Labute approximate surface area is 101 Å². The van der Waals surface area contributed by atoms with Crippen LogP contribution in [0.4, 0.5) is 5.82 Å². The maximum Gasteiger partial charge on any atom is 0.326 e. The molecule has 1 fully saturated rings. The number of aliphatic carboxylic acids is 1. The molecule has 16 heavy (non-hydrogen) atoms. The zero-order valence-corrected chi connectivity index (χ0v) is 10.4. The van der Waals surface area contributed by atoms with Crippen LogP contribution < -0.4 is 5.32 Å².